The minimum Gasteiger partial charge on any atom is -0.480 e. The molecule has 24 heavy (non-hydrogen) atoms. The first kappa shape index (κ1) is 16.0. The zero-order valence-electron chi connectivity index (χ0n) is 13.4. The lowest BCUT2D eigenvalue weighted by molar-refractivity contribution is -0.146. The minimum atomic E-state index is -1.49. The van der Waals surface area contributed by atoms with Crippen LogP contribution in [0.2, 0.25) is 0 Å². The number of carboxylic acids is 1. The predicted molar refractivity (Wildman–Crippen MR) is 93.5 cm³/mol. The van der Waals surface area contributed by atoms with Crippen LogP contribution in [-0.2, 0) is 15.0 Å². The van der Waals surface area contributed by atoms with Gasteiger partial charge in [-0.25, -0.2) is 0 Å². The molecule has 0 aromatic heterocycles. The summed E-state index contributed by atoms with van der Waals surface area (Å²) in [4.78, 5) is 24.6. The van der Waals surface area contributed by atoms with Gasteiger partial charge in [-0.1, -0.05) is 73.2 Å². The third-order valence-corrected chi connectivity index (χ3v) is 4.78. The molecule has 3 N–H and O–H groups in total. The Kier molecular flexibility index (Phi) is 3.97. The average Bonchev–Trinajstić information content (AvgIpc) is 2.60. The van der Waals surface area contributed by atoms with Crippen molar-refractivity contribution >= 4 is 22.6 Å². The fourth-order valence-electron chi connectivity index (χ4n) is 3.68. The van der Waals surface area contributed by atoms with Gasteiger partial charge in [0.05, 0.1) is 5.92 Å². The van der Waals surface area contributed by atoms with Crippen molar-refractivity contribution in [3.05, 3.63) is 71.8 Å². The molecule has 2 atom stereocenters. The van der Waals surface area contributed by atoms with Gasteiger partial charge >= 0.3 is 5.97 Å². The average molecular weight is 321 g/mol. The molecule has 1 amide bonds. The number of allylic oxidation sites excluding steroid dienone is 2. The summed E-state index contributed by atoms with van der Waals surface area (Å²) in [7, 11) is 0. The number of nitrogens with two attached hydrogens (primary N) is 1. The molecule has 2 aromatic rings. The van der Waals surface area contributed by atoms with E-state index < -0.39 is 23.2 Å². The first-order valence-electron chi connectivity index (χ1n) is 7.91. The number of fused-ring (bicyclic) bond motifs is 1. The molecule has 3 rings (SSSR count). The van der Waals surface area contributed by atoms with Crippen LogP contribution in [0.5, 0.6) is 0 Å². The molecule has 0 saturated carbocycles. The molecule has 0 radical (unpaired) electrons. The van der Waals surface area contributed by atoms with Crippen molar-refractivity contribution in [2.45, 2.75) is 18.8 Å². The molecule has 1 unspecified atom stereocenters. The number of amides is 1. The summed E-state index contributed by atoms with van der Waals surface area (Å²) in [5, 5.41) is 11.9. The Balaban J connectivity index is 2.37. The Morgan fingerprint density at radius 3 is 2.54 bits per heavy atom. The van der Waals surface area contributed by atoms with Crippen molar-refractivity contribution in [3.63, 3.8) is 0 Å². The second-order valence-corrected chi connectivity index (χ2v) is 5.99. The van der Waals surface area contributed by atoms with Gasteiger partial charge in [0.15, 0.2) is 0 Å². The van der Waals surface area contributed by atoms with Gasteiger partial charge in [0.2, 0.25) is 5.91 Å². The van der Waals surface area contributed by atoms with E-state index in [1.807, 2.05) is 43.3 Å². The first-order valence-corrected chi connectivity index (χ1v) is 7.91. The second kappa shape index (κ2) is 5.96. The number of primary amides is 1. The van der Waals surface area contributed by atoms with Crippen LogP contribution in [0.4, 0.5) is 0 Å². The largest absolute Gasteiger partial charge is 0.480 e. The normalized spacial score (nSPS) is 23.0. The molecule has 122 valence electrons. The Morgan fingerprint density at radius 2 is 1.88 bits per heavy atom. The van der Waals surface area contributed by atoms with E-state index >= 15 is 0 Å². The zero-order chi connectivity index (χ0) is 17.3. The number of carbonyl (C=O) groups excluding carboxylic acids is 1. The van der Waals surface area contributed by atoms with Gasteiger partial charge in [-0.05, 0) is 22.8 Å². The molecule has 2 aromatic carbocycles. The summed E-state index contributed by atoms with van der Waals surface area (Å²) in [6.07, 6.45) is 5.67. The predicted octanol–water partition coefficient (Wildman–Crippen LogP) is 3.17. The highest BCUT2D eigenvalue weighted by Crippen LogP contribution is 2.44. The number of carbonyl (C=O) groups is 2. The Bertz CT molecular complexity index is 876. The van der Waals surface area contributed by atoms with Crippen LogP contribution < -0.4 is 5.73 Å². The van der Waals surface area contributed by atoms with Crippen molar-refractivity contribution in [1.82, 2.24) is 0 Å². The number of benzene rings is 2. The SMILES string of the molecule is CCC1=CC=C[C@@](C(=O)O)(c2cccc3ccccc23)C1C(N)=O. The van der Waals surface area contributed by atoms with Crippen LogP contribution in [0, 0.1) is 5.92 Å². The lowest BCUT2D eigenvalue weighted by atomic mass is 9.63. The van der Waals surface area contributed by atoms with E-state index in [0.29, 0.717) is 12.0 Å². The molecule has 0 spiro atoms. The Hall–Kier alpha value is -2.88. The molecule has 0 heterocycles. The van der Waals surface area contributed by atoms with Crippen molar-refractivity contribution in [2.75, 3.05) is 0 Å². The standard InChI is InChI=1S/C20H19NO3/c1-2-13-9-6-12-20(19(23)24,17(13)18(21)22)16-11-5-8-14-7-3-4-10-15(14)16/h3-12,17H,2H2,1H3,(H2,21,22)(H,23,24)/t17?,20-/m1/s1. The van der Waals surface area contributed by atoms with E-state index in [1.54, 1.807) is 24.3 Å². The smallest absolute Gasteiger partial charge is 0.319 e. The quantitative estimate of drug-likeness (QED) is 0.907. The summed E-state index contributed by atoms with van der Waals surface area (Å²) >= 11 is 0. The maximum absolute atomic E-state index is 12.4. The van der Waals surface area contributed by atoms with E-state index in [2.05, 4.69) is 0 Å². The van der Waals surface area contributed by atoms with Gasteiger partial charge in [-0.15, -0.1) is 0 Å². The van der Waals surface area contributed by atoms with E-state index in [9.17, 15) is 14.7 Å². The number of hydrogen-bond donors (Lipinski definition) is 2. The third-order valence-electron chi connectivity index (χ3n) is 4.78. The van der Waals surface area contributed by atoms with Crippen LogP contribution >= 0.6 is 0 Å². The Labute approximate surface area is 140 Å². The van der Waals surface area contributed by atoms with E-state index in [4.69, 9.17) is 5.73 Å². The van der Waals surface area contributed by atoms with Crippen molar-refractivity contribution in [3.8, 4) is 0 Å². The van der Waals surface area contributed by atoms with Gasteiger partial charge in [-0.2, -0.15) is 0 Å². The zero-order valence-corrected chi connectivity index (χ0v) is 13.4. The summed E-state index contributed by atoms with van der Waals surface area (Å²) in [6, 6.07) is 13.1. The summed E-state index contributed by atoms with van der Waals surface area (Å²) < 4.78 is 0. The topological polar surface area (TPSA) is 80.4 Å². The highest BCUT2D eigenvalue weighted by atomic mass is 16.4. The first-order chi connectivity index (χ1) is 11.5. The number of hydrogen-bond acceptors (Lipinski definition) is 2. The summed E-state index contributed by atoms with van der Waals surface area (Å²) in [5.41, 5.74) is 5.48. The van der Waals surface area contributed by atoms with Crippen molar-refractivity contribution in [1.29, 1.82) is 0 Å². The maximum atomic E-state index is 12.4. The highest BCUT2D eigenvalue weighted by molar-refractivity contribution is 6.00. The van der Waals surface area contributed by atoms with Gasteiger partial charge in [0.1, 0.15) is 5.41 Å². The van der Waals surface area contributed by atoms with Gasteiger partial charge in [0.25, 0.3) is 0 Å². The van der Waals surface area contributed by atoms with Crippen molar-refractivity contribution in [2.24, 2.45) is 11.7 Å². The molecule has 0 fully saturated rings. The third kappa shape index (κ3) is 2.22. The molecule has 0 bridgehead atoms. The molecule has 1 aliphatic carbocycles. The molecule has 0 aliphatic heterocycles. The fourth-order valence-corrected chi connectivity index (χ4v) is 3.68. The van der Waals surface area contributed by atoms with Crippen LogP contribution in [0.25, 0.3) is 10.8 Å². The van der Waals surface area contributed by atoms with Crippen LogP contribution in [-0.4, -0.2) is 17.0 Å². The van der Waals surface area contributed by atoms with Crippen molar-refractivity contribution < 1.29 is 14.7 Å². The number of rotatable bonds is 4. The maximum Gasteiger partial charge on any atom is 0.319 e. The molecule has 4 nitrogen and oxygen atoms in total. The lowest BCUT2D eigenvalue weighted by Gasteiger charge is -2.37. The second-order valence-electron chi connectivity index (χ2n) is 5.99. The van der Waals surface area contributed by atoms with Gasteiger partial charge in [-0.3, -0.25) is 9.59 Å². The lowest BCUT2D eigenvalue weighted by Crippen LogP contribution is -2.49. The Morgan fingerprint density at radius 1 is 1.17 bits per heavy atom. The van der Waals surface area contributed by atoms with E-state index in [0.717, 1.165) is 16.3 Å². The number of carboxylic acid groups (broad SMARTS) is 1. The monoisotopic (exact) mass is 321 g/mol. The molecule has 1 aliphatic rings. The van der Waals surface area contributed by atoms with Crippen LogP contribution in [0.3, 0.4) is 0 Å². The van der Waals surface area contributed by atoms with Gasteiger partial charge < -0.3 is 10.8 Å². The highest BCUT2D eigenvalue weighted by Gasteiger charge is 2.51. The molecule has 0 saturated heterocycles. The van der Waals surface area contributed by atoms with Gasteiger partial charge in [0, 0.05) is 0 Å². The van der Waals surface area contributed by atoms with Crippen LogP contribution in [0.15, 0.2) is 66.3 Å². The fraction of sp³-hybridized carbons (Fsp3) is 0.200. The van der Waals surface area contributed by atoms with Crippen LogP contribution in [0.1, 0.15) is 18.9 Å². The van der Waals surface area contributed by atoms with E-state index in [-0.39, 0.29) is 0 Å². The minimum absolute atomic E-state index is 0.567. The molecule has 4 heteroatoms. The summed E-state index contributed by atoms with van der Waals surface area (Å²) in [5.74, 6) is -2.60. The summed E-state index contributed by atoms with van der Waals surface area (Å²) in [6.45, 7) is 1.90. The number of aliphatic carboxylic acids is 1. The van der Waals surface area contributed by atoms with E-state index in [1.165, 1.54) is 0 Å². The molecular weight excluding hydrogens is 302 g/mol. The molecular formula is C20H19NO3.